The van der Waals surface area contributed by atoms with E-state index in [-0.39, 0.29) is 5.82 Å². The number of benzene rings is 2. The van der Waals surface area contributed by atoms with Gasteiger partial charge in [-0.25, -0.2) is 4.39 Å². The number of amidine groups is 1. The van der Waals surface area contributed by atoms with Crippen LogP contribution in [0.2, 0.25) is 0 Å². The zero-order chi connectivity index (χ0) is 15.9. The van der Waals surface area contributed by atoms with Gasteiger partial charge in [0.1, 0.15) is 5.82 Å². The lowest BCUT2D eigenvalue weighted by atomic mass is 10.1. The van der Waals surface area contributed by atoms with E-state index >= 15 is 0 Å². The van der Waals surface area contributed by atoms with Crippen LogP contribution >= 0.6 is 34.4 Å². The third-order valence-electron chi connectivity index (χ3n) is 2.90. The molecule has 2 aromatic rings. The number of nitrogens with zero attached hydrogens (tertiary/aromatic N) is 2. The average Bonchev–Trinajstić information content (AvgIpc) is 2.51. The van der Waals surface area contributed by atoms with E-state index in [2.05, 4.69) is 32.8 Å². The fourth-order valence-corrected chi connectivity index (χ4v) is 2.88. The molecule has 0 aliphatic carbocycles. The zero-order valence-electron chi connectivity index (χ0n) is 12.0. The molecule has 2 aromatic carbocycles. The Kier molecular flexibility index (Phi) is 6.38. The number of thioether (sulfide) groups is 1. The Balaban J connectivity index is 1.95. The normalized spacial score (nSPS) is 12.0. The standard InChI is InChI=1S/C16H15FIN3S/c1-11-14(17)7-13(8-15(11)18)9-20-21-16(19)22-10-12-5-3-2-4-6-12/h2-9H,10H2,1H3,(H2,19,21). The SMILES string of the molecule is Cc1c(F)cc(C=NN=C(N)SCc2ccccc2)cc1I. The monoisotopic (exact) mass is 427 g/mol. The molecule has 0 aliphatic heterocycles. The molecule has 0 amide bonds. The highest BCUT2D eigenvalue weighted by Gasteiger charge is 2.03. The van der Waals surface area contributed by atoms with Crippen LogP contribution in [0, 0.1) is 16.3 Å². The first-order valence-corrected chi connectivity index (χ1v) is 8.61. The van der Waals surface area contributed by atoms with E-state index in [1.165, 1.54) is 29.6 Å². The van der Waals surface area contributed by atoms with Gasteiger partial charge in [0.05, 0.1) is 6.21 Å². The first kappa shape index (κ1) is 17.0. The lowest BCUT2D eigenvalue weighted by molar-refractivity contribution is 0.617. The Morgan fingerprint density at radius 3 is 2.73 bits per heavy atom. The van der Waals surface area contributed by atoms with Crippen molar-refractivity contribution >= 4 is 45.7 Å². The van der Waals surface area contributed by atoms with Gasteiger partial charge in [-0.2, -0.15) is 5.10 Å². The third-order valence-corrected chi connectivity index (χ3v) is 4.87. The van der Waals surface area contributed by atoms with E-state index in [0.717, 1.165) is 9.32 Å². The largest absolute Gasteiger partial charge is 0.377 e. The van der Waals surface area contributed by atoms with Crippen molar-refractivity contribution in [2.75, 3.05) is 0 Å². The molecule has 2 N–H and O–H groups in total. The maximum Gasteiger partial charge on any atom is 0.180 e. The summed E-state index contributed by atoms with van der Waals surface area (Å²) in [6, 6.07) is 13.3. The van der Waals surface area contributed by atoms with Gasteiger partial charge in [0.25, 0.3) is 0 Å². The van der Waals surface area contributed by atoms with Crippen LogP contribution < -0.4 is 5.73 Å². The Morgan fingerprint density at radius 2 is 2.05 bits per heavy atom. The van der Waals surface area contributed by atoms with E-state index in [0.29, 0.717) is 16.3 Å². The third kappa shape index (κ3) is 5.10. The molecule has 0 spiro atoms. The van der Waals surface area contributed by atoms with Gasteiger partial charge in [-0.3, -0.25) is 0 Å². The summed E-state index contributed by atoms with van der Waals surface area (Å²) in [4.78, 5) is 0. The van der Waals surface area contributed by atoms with Gasteiger partial charge in [-0.15, -0.1) is 5.10 Å². The van der Waals surface area contributed by atoms with E-state index in [9.17, 15) is 4.39 Å². The molecule has 0 radical (unpaired) electrons. The minimum Gasteiger partial charge on any atom is -0.377 e. The molecule has 0 saturated carbocycles. The van der Waals surface area contributed by atoms with Crippen LogP contribution in [0.1, 0.15) is 16.7 Å². The van der Waals surface area contributed by atoms with Crippen molar-refractivity contribution in [3.8, 4) is 0 Å². The Morgan fingerprint density at radius 1 is 1.32 bits per heavy atom. The number of hydrogen-bond donors (Lipinski definition) is 1. The molecule has 0 fully saturated rings. The first-order chi connectivity index (χ1) is 10.6. The van der Waals surface area contributed by atoms with Crippen LogP contribution in [0.3, 0.4) is 0 Å². The number of rotatable bonds is 4. The van der Waals surface area contributed by atoms with Crippen LogP contribution in [0.15, 0.2) is 52.7 Å². The summed E-state index contributed by atoms with van der Waals surface area (Å²) >= 11 is 3.51. The Labute approximate surface area is 147 Å². The van der Waals surface area contributed by atoms with Gasteiger partial charge in [-0.1, -0.05) is 42.1 Å². The highest BCUT2D eigenvalue weighted by atomic mass is 127. The van der Waals surface area contributed by atoms with Crippen molar-refractivity contribution < 1.29 is 4.39 Å². The van der Waals surface area contributed by atoms with Crippen molar-refractivity contribution in [2.24, 2.45) is 15.9 Å². The van der Waals surface area contributed by atoms with E-state index < -0.39 is 0 Å². The second-order valence-corrected chi connectivity index (χ2v) is 6.72. The molecule has 0 aliphatic rings. The molecule has 6 heteroatoms. The Hall–Kier alpha value is -1.41. The fourth-order valence-electron chi connectivity index (χ4n) is 1.65. The van der Waals surface area contributed by atoms with Gasteiger partial charge >= 0.3 is 0 Å². The molecular weight excluding hydrogens is 412 g/mol. The molecule has 0 aromatic heterocycles. The summed E-state index contributed by atoms with van der Waals surface area (Å²) < 4.78 is 14.5. The molecule has 0 saturated heterocycles. The van der Waals surface area contributed by atoms with Crippen molar-refractivity contribution in [1.82, 2.24) is 0 Å². The molecular formula is C16H15FIN3S. The maximum absolute atomic E-state index is 13.6. The fraction of sp³-hybridized carbons (Fsp3) is 0.125. The minimum absolute atomic E-state index is 0.247. The summed E-state index contributed by atoms with van der Waals surface area (Å²) in [6.45, 7) is 1.74. The minimum atomic E-state index is -0.247. The van der Waals surface area contributed by atoms with Crippen LogP contribution in [-0.2, 0) is 5.75 Å². The van der Waals surface area contributed by atoms with Gasteiger partial charge in [0, 0.05) is 9.32 Å². The Bertz CT molecular complexity index is 679. The molecule has 0 heterocycles. The summed E-state index contributed by atoms with van der Waals surface area (Å²) in [6.07, 6.45) is 1.50. The predicted octanol–water partition coefficient (Wildman–Crippen LogP) is 4.32. The lowest BCUT2D eigenvalue weighted by Crippen LogP contribution is -2.06. The average molecular weight is 427 g/mol. The van der Waals surface area contributed by atoms with Crippen LogP contribution in [0.5, 0.6) is 0 Å². The zero-order valence-corrected chi connectivity index (χ0v) is 14.9. The summed E-state index contributed by atoms with van der Waals surface area (Å²) in [5.41, 5.74) is 8.27. The topological polar surface area (TPSA) is 50.7 Å². The van der Waals surface area contributed by atoms with Crippen molar-refractivity contribution in [3.05, 3.63) is 68.5 Å². The molecule has 3 nitrogen and oxygen atoms in total. The molecule has 0 bridgehead atoms. The lowest BCUT2D eigenvalue weighted by Gasteiger charge is -2.01. The number of hydrogen-bond acceptors (Lipinski definition) is 3. The molecule has 0 unspecified atom stereocenters. The quantitative estimate of drug-likeness (QED) is 0.342. The second-order valence-electron chi connectivity index (χ2n) is 4.57. The van der Waals surface area contributed by atoms with Crippen molar-refractivity contribution in [3.63, 3.8) is 0 Å². The maximum atomic E-state index is 13.6. The van der Waals surface area contributed by atoms with Crippen molar-refractivity contribution in [2.45, 2.75) is 12.7 Å². The molecule has 0 atom stereocenters. The van der Waals surface area contributed by atoms with E-state index in [4.69, 9.17) is 5.73 Å². The highest BCUT2D eigenvalue weighted by molar-refractivity contribution is 14.1. The number of nitrogens with two attached hydrogens (primary N) is 1. The van der Waals surface area contributed by atoms with Gasteiger partial charge < -0.3 is 5.73 Å². The van der Waals surface area contributed by atoms with Crippen LogP contribution in [-0.4, -0.2) is 11.4 Å². The van der Waals surface area contributed by atoms with E-state index in [1.807, 2.05) is 36.4 Å². The summed E-state index contributed by atoms with van der Waals surface area (Å²) in [7, 11) is 0. The second kappa shape index (κ2) is 8.28. The molecule has 22 heavy (non-hydrogen) atoms. The van der Waals surface area contributed by atoms with Crippen LogP contribution in [0.25, 0.3) is 0 Å². The highest BCUT2D eigenvalue weighted by Crippen LogP contribution is 2.17. The van der Waals surface area contributed by atoms with Gasteiger partial charge in [0.2, 0.25) is 0 Å². The molecule has 2 rings (SSSR count). The van der Waals surface area contributed by atoms with Gasteiger partial charge in [0.15, 0.2) is 5.17 Å². The van der Waals surface area contributed by atoms with Gasteiger partial charge in [-0.05, 0) is 58.3 Å². The molecule has 114 valence electrons. The summed E-state index contributed by atoms with van der Waals surface area (Å²) in [5.74, 6) is 0.492. The number of halogens is 2. The predicted molar refractivity (Wildman–Crippen MR) is 101 cm³/mol. The summed E-state index contributed by atoms with van der Waals surface area (Å²) in [5, 5.41) is 8.21. The smallest absolute Gasteiger partial charge is 0.180 e. The van der Waals surface area contributed by atoms with Crippen LogP contribution in [0.4, 0.5) is 4.39 Å². The van der Waals surface area contributed by atoms with Crippen molar-refractivity contribution in [1.29, 1.82) is 0 Å². The first-order valence-electron chi connectivity index (χ1n) is 6.55. The van der Waals surface area contributed by atoms with E-state index in [1.54, 1.807) is 6.92 Å².